The van der Waals surface area contributed by atoms with Crippen LogP contribution in [0.25, 0.3) is 83.3 Å². The zero-order chi connectivity index (χ0) is 29.0. The van der Waals surface area contributed by atoms with Gasteiger partial charge in [-0.05, 0) is 47.5 Å². The lowest BCUT2D eigenvalue weighted by molar-refractivity contribution is 0.653. The van der Waals surface area contributed by atoms with Crippen molar-refractivity contribution in [1.29, 1.82) is 0 Å². The summed E-state index contributed by atoms with van der Waals surface area (Å²) in [5, 5.41) is 4.40. The molecule has 0 aliphatic rings. The number of hydrogen-bond acceptors (Lipinski definition) is 3. The zero-order valence-electron chi connectivity index (χ0n) is 23.7. The third kappa shape index (κ3) is 3.85. The molecule has 206 valence electrons. The van der Waals surface area contributed by atoms with Crippen LogP contribution < -0.4 is 0 Å². The van der Waals surface area contributed by atoms with E-state index in [2.05, 4.69) is 108 Å². The first-order chi connectivity index (χ1) is 21.8. The van der Waals surface area contributed by atoms with Crippen molar-refractivity contribution in [2.24, 2.45) is 0 Å². The number of fused-ring (bicyclic) bond motifs is 6. The van der Waals surface area contributed by atoms with Crippen LogP contribution >= 0.6 is 0 Å². The van der Waals surface area contributed by atoms with Crippen LogP contribution in [0.4, 0.5) is 0 Å². The molecule has 3 heterocycles. The molecule has 0 aliphatic heterocycles. The van der Waals surface area contributed by atoms with Gasteiger partial charge in [0.05, 0.1) is 22.1 Å². The molecule has 0 fully saturated rings. The maximum absolute atomic E-state index is 6.40. The summed E-state index contributed by atoms with van der Waals surface area (Å²) in [5.41, 5.74) is 9.98. The molecule has 0 amide bonds. The molecule has 9 rings (SSSR count). The second-order valence-corrected chi connectivity index (χ2v) is 11.0. The molecule has 0 aliphatic carbocycles. The third-order valence-corrected chi connectivity index (χ3v) is 8.43. The van der Waals surface area contributed by atoms with Gasteiger partial charge in [-0.3, -0.25) is 0 Å². The van der Waals surface area contributed by atoms with Crippen molar-refractivity contribution in [3.05, 3.63) is 152 Å². The Morgan fingerprint density at radius 2 is 1.09 bits per heavy atom. The van der Waals surface area contributed by atoms with Crippen molar-refractivity contribution in [3.8, 4) is 39.5 Å². The van der Waals surface area contributed by atoms with Crippen LogP contribution in [0.5, 0.6) is 0 Å². The van der Waals surface area contributed by atoms with Gasteiger partial charge in [-0.1, -0.05) is 115 Å². The lowest BCUT2D eigenvalue weighted by atomic mass is 10.00. The van der Waals surface area contributed by atoms with E-state index in [1.807, 2.05) is 48.5 Å². The summed E-state index contributed by atoms with van der Waals surface area (Å²) in [7, 11) is 0. The first-order valence-electron chi connectivity index (χ1n) is 14.8. The first-order valence-corrected chi connectivity index (χ1v) is 14.8. The number of nitrogens with zero attached hydrogens (tertiary/aromatic N) is 3. The minimum absolute atomic E-state index is 0.588. The average Bonchev–Trinajstić information content (AvgIpc) is 3.64. The number of para-hydroxylation sites is 2. The SMILES string of the molecule is c1ccc(-c2nc(-c3ccccc3)c3c(n2)oc2ccc(-c4ccc5c6ccccc6n(-c6ccccc6)c5c4)cc23)cc1. The maximum Gasteiger partial charge on any atom is 0.231 e. The van der Waals surface area contributed by atoms with Crippen LogP contribution in [0.3, 0.4) is 0 Å². The van der Waals surface area contributed by atoms with Gasteiger partial charge in [0.25, 0.3) is 0 Å². The Hall–Kier alpha value is -6.00. The summed E-state index contributed by atoms with van der Waals surface area (Å²) in [6, 6.07) is 52.7. The second kappa shape index (κ2) is 9.79. The molecule has 0 saturated heterocycles. The Balaban J connectivity index is 1.28. The molecule has 0 unspecified atom stereocenters. The fraction of sp³-hybridized carbons (Fsp3) is 0. The molecule has 44 heavy (non-hydrogen) atoms. The van der Waals surface area contributed by atoms with Gasteiger partial charge < -0.3 is 8.98 Å². The molecule has 9 aromatic rings. The Morgan fingerprint density at radius 3 is 1.89 bits per heavy atom. The van der Waals surface area contributed by atoms with Crippen molar-refractivity contribution in [2.45, 2.75) is 0 Å². The fourth-order valence-corrected chi connectivity index (χ4v) is 6.38. The number of furan rings is 1. The predicted molar refractivity (Wildman–Crippen MR) is 180 cm³/mol. The molecule has 0 atom stereocenters. The molecule has 4 heteroatoms. The van der Waals surface area contributed by atoms with Crippen LogP contribution in [-0.4, -0.2) is 14.5 Å². The topological polar surface area (TPSA) is 43.9 Å². The highest BCUT2D eigenvalue weighted by atomic mass is 16.3. The smallest absolute Gasteiger partial charge is 0.231 e. The number of aromatic nitrogens is 3. The van der Waals surface area contributed by atoms with Crippen LogP contribution in [0.1, 0.15) is 0 Å². The highest BCUT2D eigenvalue weighted by Crippen LogP contribution is 2.39. The van der Waals surface area contributed by atoms with Gasteiger partial charge in [-0.25, -0.2) is 4.98 Å². The van der Waals surface area contributed by atoms with Crippen molar-refractivity contribution in [2.75, 3.05) is 0 Å². The monoisotopic (exact) mass is 563 g/mol. The van der Waals surface area contributed by atoms with E-state index >= 15 is 0 Å². The first kappa shape index (κ1) is 24.6. The van der Waals surface area contributed by atoms with Crippen molar-refractivity contribution >= 4 is 43.9 Å². The van der Waals surface area contributed by atoms with Crippen LogP contribution in [0, 0.1) is 0 Å². The van der Waals surface area contributed by atoms with E-state index in [1.54, 1.807) is 0 Å². The molecule has 0 radical (unpaired) electrons. The standard InChI is InChI=1S/C40H25N3O/c1-4-12-26(13-5-1)38-37-33-24-28(21-23-36(33)44-40(37)42-39(41-38)27-14-6-2-7-15-27)29-20-22-32-31-18-10-11-19-34(31)43(35(32)25-29)30-16-8-3-9-17-30/h1-25H. The van der Waals surface area contributed by atoms with Crippen molar-refractivity contribution in [1.82, 2.24) is 14.5 Å². The van der Waals surface area contributed by atoms with E-state index in [0.717, 1.165) is 50.0 Å². The molecular formula is C40H25N3O. The largest absolute Gasteiger partial charge is 0.438 e. The van der Waals surface area contributed by atoms with Gasteiger partial charge in [0, 0.05) is 33.0 Å². The fourth-order valence-electron chi connectivity index (χ4n) is 6.38. The predicted octanol–water partition coefficient (Wildman–Crippen LogP) is 10.5. The van der Waals surface area contributed by atoms with Gasteiger partial charge in [-0.2, -0.15) is 4.98 Å². The Kier molecular flexibility index (Phi) is 5.47. The van der Waals surface area contributed by atoms with E-state index in [9.17, 15) is 0 Å². The normalized spacial score (nSPS) is 11.6. The molecular weight excluding hydrogens is 538 g/mol. The van der Waals surface area contributed by atoms with Crippen LogP contribution in [0.15, 0.2) is 156 Å². The Labute approximate surface area is 253 Å². The van der Waals surface area contributed by atoms with E-state index in [1.165, 1.54) is 21.8 Å². The molecule has 0 N–H and O–H groups in total. The third-order valence-electron chi connectivity index (χ3n) is 8.43. The van der Waals surface area contributed by atoms with Gasteiger partial charge in [0.1, 0.15) is 5.58 Å². The summed E-state index contributed by atoms with van der Waals surface area (Å²) in [5.74, 6) is 0.649. The number of rotatable bonds is 4. The van der Waals surface area contributed by atoms with Gasteiger partial charge in [-0.15, -0.1) is 0 Å². The molecule has 0 spiro atoms. The summed E-state index contributed by atoms with van der Waals surface area (Å²) >= 11 is 0. The molecule has 0 bridgehead atoms. The molecule has 4 nitrogen and oxygen atoms in total. The minimum atomic E-state index is 0.588. The van der Waals surface area contributed by atoms with E-state index in [-0.39, 0.29) is 0 Å². The summed E-state index contributed by atoms with van der Waals surface area (Å²) in [6.45, 7) is 0. The van der Waals surface area contributed by atoms with E-state index < -0.39 is 0 Å². The van der Waals surface area contributed by atoms with Crippen molar-refractivity contribution in [3.63, 3.8) is 0 Å². The number of benzene rings is 6. The highest BCUT2D eigenvalue weighted by Gasteiger charge is 2.19. The van der Waals surface area contributed by atoms with Crippen molar-refractivity contribution < 1.29 is 4.42 Å². The zero-order valence-corrected chi connectivity index (χ0v) is 23.7. The molecule has 6 aromatic carbocycles. The summed E-state index contributed by atoms with van der Waals surface area (Å²) in [4.78, 5) is 10.0. The van der Waals surface area contributed by atoms with Gasteiger partial charge >= 0.3 is 0 Å². The maximum atomic E-state index is 6.40. The van der Waals surface area contributed by atoms with Crippen LogP contribution in [-0.2, 0) is 0 Å². The van der Waals surface area contributed by atoms with E-state index in [4.69, 9.17) is 14.4 Å². The minimum Gasteiger partial charge on any atom is -0.438 e. The summed E-state index contributed by atoms with van der Waals surface area (Å²) < 4.78 is 8.75. The Morgan fingerprint density at radius 1 is 0.455 bits per heavy atom. The quantitative estimate of drug-likeness (QED) is 0.214. The lowest BCUT2D eigenvalue weighted by Crippen LogP contribution is -1.93. The summed E-state index contributed by atoms with van der Waals surface area (Å²) in [6.07, 6.45) is 0. The van der Waals surface area contributed by atoms with E-state index in [0.29, 0.717) is 11.5 Å². The average molecular weight is 564 g/mol. The Bertz CT molecular complexity index is 2480. The number of hydrogen-bond donors (Lipinski definition) is 0. The molecule has 0 saturated carbocycles. The lowest BCUT2D eigenvalue weighted by Gasteiger charge is -2.09. The molecule has 3 aromatic heterocycles. The van der Waals surface area contributed by atoms with Gasteiger partial charge in [0.15, 0.2) is 5.82 Å². The highest BCUT2D eigenvalue weighted by molar-refractivity contribution is 6.13. The van der Waals surface area contributed by atoms with Gasteiger partial charge in [0.2, 0.25) is 5.71 Å². The van der Waals surface area contributed by atoms with Crippen LogP contribution in [0.2, 0.25) is 0 Å². The second-order valence-electron chi connectivity index (χ2n) is 11.0.